The molecular formula is C16H22FNO. The third kappa shape index (κ3) is 2.66. The van der Waals surface area contributed by atoms with Gasteiger partial charge in [0, 0.05) is 5.39 Å². The molecule has 19 heavy (non-hydrogen) atoms. The zero-order valence-electron chi connectivity index (χ0n) is 12.3. The summed E-state index contributed by atoms with van der Waals surface area (Å²) in [6.07, 6.45) is 0. The number of furan rings is 1. The summed E-state index contributed by atoms with van der Waals surface area (Å²) in [7, 11) is 0. The Hall–Kier alpha value is -1.35. The van der Waals surface area contributed by atoms with Gasteiger partial charge >= 0.3 is 0 Å². The van der Waals surface area contributed by atoms with Crippen LogP contribution in [-0.2, 0) is 0 Å². The fourth-order valence-corrected chi connectivity index (χ4v) is 2.42. The minimum absolute atomic E-state index is 0.00820. The molecule has 0 aliphatic rings. The maximum Gasteiger partial charge on any atom is 0.170 e. The van der Waals surface area contributed by atoms with Gasteiger partial charge in [0.1, 0.15) is 5.76 Å². The predicted molar refractivity (Wildman–Crippen MR) is 76.8 cm³/mol. The van der Waals surface area contributed by atoms with Crippen molar-refractivity contribution < 1.29 is 8.81 Å². The van der Waals surface area contributed by atoms with Gasteiger partial charge in [-0.15, -0.1) is 0 Å². The first-order valence-electron chi connectivity index (χ1n) is 6.76. The molecule has 2 nitrogen and oxygen atoms in total. The highest BCUT2D eigenvalue weighted by atomic mass is 19.1. The molecule has 0 aliphatic carbocycles. The highest BCUT2D eigenvalue weighted by Crippen LogP contribution is 2.36. The molecule has 1 N–H and O–H groups in total. The van der Waals surface area contributed by atoms with Gasteiger partial charge in [-0.25, -0.2) is 4.39 Å². The maximum absolute atomic E-state index is 13.8. The van der Waals surface area contributed by atoms with Crippen LogP contribution < -0.4 is 5.32 Å². The summed E-state index contributed by atoms with van der Waals surface area (Å²) in [4.78, 5) is 0. The fraction of sp³-hybridized carbons (Fsp3) is 0.500. The van der Waals surface area contributed by atoms with Crippen molar-refractivity contribution in [2.24, 2.45) is 5.41 Å². The SMILES string of the molecule is CCNC(c1cc2c(C)ccc(F)c2o1)C(C)(C)C. The molecule has 1 aromatic heterocycles. The summed E-state index contributed by atoms with van der Waals surface area (Å²) in [5, 5.41) is 4.29. The monoisotopic (exact) mass is 263 g/mol. The lowest BCUT2D eigenvalue weighted by Gasteiger charge is -2.29. The van der Waals surface area contributed by atoms with Crippen LogP contribution in [0, 0.1) is 18.2 Å². The molecular weight excluding hydrogens is 241 g/mol. The number of hydrogen-bond donors (Lipinski definition) is 1. The molecule has 0 amide bonds. The molecule has 2 rings (SSSR count). The topological polar surface area (TPSA) is 25.2 Å². The first-order chi connectivity index (χ1) is 8.84. The second-order valence-corrected chi connectivity index (χ2v) is 6.11. The summed E-state index contributed by atoms with van der Waals surface area (Å²) in [6.45, 7) is 11.3. The van der Waals surface area contributed by atoms with Gasteiger partial charge < -0.3 is 9.73 Å². The minimum atomic E-state index is -0.295. The third-order valence-corrected chi connectivity index (χ3v) is 3.43. The van der Waals surface area contributed by atoms with E-state index in [4.69, 9.17) is 4.42 Å². The van der Waals surface area contributed by atoms with Crippen LogP contribution in [0.15, 0.2) is 22.6 Å². The molecule has 3 heteroatoms. The number of halogens is 1. The van der Waals surface area contributed by atoms with Crippen molar-refractivity contribution in [3.63, 3.8) is 0 Å². The van der Waals surface area contributed by atoms with Crippen LogP contribution in [0.4, 0.5) is 4.39 Å². The zero-order valence-corrected chi connectivity index (χ0v) is 12.3. The molecule has 0 saturated carbocycles. The molecule has 0 aliphatic heterocycles. The van der Waals surface area contributed by atoms with Crippen LogP contribution in [0.25, 0.3) is 11.0 Å². The van der Waals surface area contributed by atoms with Crippen LogP contribution in [0.5, 0.6) is 0 Å². The molecule has 1 aromatic carbocycles. The molecule has 0 fully saturated rings. The first kappa shape index (κ1) is 14.1. The minimum Gasteiger partial charge on any atom is -0.456 e. The van der Waals surface area contributed by atoms with Crippen molar-refractivity contribution in [2.75, 3.05) is 6.54 Å². The van der Waals surface area contributed by atoms with Gasteiger partial charge in [-0.3, -0.25) is 0 Å². The first-order valence-corrected chi connectivity index (χ1v) is 6.76. The van der Waals surface area contributed by atoms with Crippen molar-refractivity contribution >= 4 is 11.0 Å². The lowest BCUT2D eigenvalue weighted by atomic mass is 9.85. The molecule has 0 radical (unpaired) electrons. The number of fused-ring (bicyclic) bond motifs is 1. The molecule has 1 atom stereocenters. The predicted octanol–water partition coefficient (Wildman–Crippen LogP) is 4.58. The average Bonchev–Trinajstić information content (AvgIpc) is 2.75. The third-order valence-electron chi connectivity index (χ3n) is 3.43. The largest absolute Gasteiger partial charge is 0.456 e. The van der Waals surface area contributed by atoms with E-state index in [-0.39, 0.29) is 17.3 Å². The van der Waals surface area contributed by atoms with Crippen LogP contribution in [0.2, 0.25) is 0 Å². The lowest BCUT2D eigenvalue weighted by Crippen LogP contribution is -2.31. The molecule has 2 aromatic rings. The van der Waals surface area contributed by atoms with E-state index in [1.807, 2.05) is 13.0 Å². The number of benzene rings is 1. The van der Waals surface area contributed by atoms with E-state index in [2.05, 4.69) is 33.0 Å². The van der Waals surface area contributed by atoms with E-state index >= 15 is 0 Å². The van der Waals surface area contributed by atoms with Crippen LogP contribution >= 0.6 is 0 Å². The summed E-state index contributed by atoms with van der Waals surface area (Å²) in [5.41, 5.74) is 1.41. The quantitative estimate of drug-likeness (QED) is 0.877. The zero-order chi connectivity index (χ0) is 14.2. The maximum atomic E-state index is 13.8. The molecule has 0 spiro atoms. The molecule has 0 bridgehead atoms. The summed E-state index contributed by atoms with van der Waals surface area (Å²) in [6, 6.07) is 5.29. The Morgan fingerprint density at radius 2 is 2.00 bits per heavy atom. The van der Waals surface area contributed by atoms with Crippen molar-refractivity contribution in [1.29, 1.82) is 0 Å². The van der Waals surface area contributed by atoms with Crippen molar-refractivity contribution in [2.45, 2.75) is 40.7 Å². The van der Waals surface area contributed by atoms with E-state index in [0.717, 1.165) is 23.3 Å². The van der Waals surface area contributed by atoms with Gasteiger partial charge in [0.2, 0.25) is 0 Å². The van der Waals surface area contributed by atoms with Crippen LogP contribution in [-0.4, -0.2) is 6.54 Å². The van der Waals surface area contributed by atoms with Gasteiger partial charge in [0.25, 0.3) is 0 Å². The van der Waals surface area contributed by atoms with Gasteiger partial charge in [0.15, 0.2) is 11.4 Å². The number of hydrogen-bond acceptors (Lipinski definition) is 2. The average molecular weight is 263 g/mol. The molecule has 1 heterocycles. The fourth-order valence-electron chi connectivity index (χ4n) is 2.42. The van der Waals surface area contributed by atoms with Gasteiger partial charge in [-0.2, -0.15) is 0 Å². The second kappa shape index (κ2) is 4.97. The standard InChI is InChI=1S/C16H22FNO/c1-6-18-15(16(3,4)5)13-9-11-10(2)7-8-12(17)14(11)19-13/h7-9,15,18H,6H2,1-5H3. The van der Waals surface area contributed by atoms with Gasteiger partial charge in [0.05, 0.1) is 6.04 Å². The van der Waals surface area contributed by atoms with E-state index in [0.29, 0.717) is 5.58 Å². The Labute approximate surface area is 114 Å². The summed E-state index contributed by atoms with van der Waals surface area (Å²) >= 11 is 0. The molecule has 104 valence electrons. The highest BCUT2D eigenvalue weighted by Gasteiger charge is 2.29. The van der Waals surface area contributed by atoms with Gasteiger partial charge in [-0.05, 0) is 36.6 Å². The van der Waals surface area contributed by atoms with Gasteiger partial charge in [-0.1, -0.05) is 33.8 Å². The van der Waals surface area contributed by atoms with E-state index in [1.54, 1.807) is 6.07 Å². The Bertz CT molecular complexity index is 541. The molecule has 0 saturated heterocycles. The molecule has 1 unspecified atom stereocenters. The van der Waals surface area contributed by atoms with Crippen LogP contribution in [0.3, 0.4) is 0 Å². The van der Waals surface area contributed by atoms with E-state index < -0.39 is 0 Å². The van der Waals surface area contributed by atoms with Crippen molar-refractivity contribution in [3.05, 3.63) is 35.3 Å². The summed E-state index contributed by atoms with van der Waals surface area (Å²) < 4.78 is 19.6. The Kier molecular flexibility index (Phi) is 3.68. The van der Waals surface area contributed by atoms with E-state index in [9.17, 15) is 4.39 Å². The Morgan fingerprint density at radius 3 is 2.53 bits per heavy atom. The Balaban J connectivity index is 2.56. The van der Waals surface area contributed by atoms with Crippen molar-refractivity contribution in [3.8, 4) is 0 Å². The Morgan fingerprint density at radius 1 is 1.32 bits per heavy atom. The normalized spacial score (nSPS) is 14.0. The number of rotatable bonds is 3. The second-order valence-electron chi connectivity index (χ2n) is 6.11. The number of nitrogens with one attached hydrogen (secondary N) is 1. The highest BCUT2D eigenvalue weighted by molar-refractivity contribution is 5.82. The number of aryl methyl sites for hydroxylation is 1. The van der Waals surface area contributed by atoms with Crippen molar-refractivity contribution in [1.82, 2.24) is 5.32 Å². The smallest absolute Gasteiger partial charge is 0.170 e. The van der Waals surface area contributed by atoms with E-state index in [1.165, 1.54) is 6.07 Å². The lowest BCUT2D eigenvalue weighted by molar-refractivity contribution is 0.244. The summed E-state index contributed by atoms with van der Waals surface area (Å²) in [5.74, 6) is 0.508. The van der Waals surface area contributed by atoms with Crippen LogP contribution in [0.1, 0.15) is 45.1 Å².